The molecule has 0 saturated carbocycles. The summed E-state index contributed by atoms with van der Waals surface area (Å²) < 4.78 is 31.6. The molecular weight excluding hydrogens is 238 g/mol. The van der Waals surface area contributed by atoms with Crippen molar-refractivity contribution in [2.24, 2.45) is 0 Å². The third kappa shape index (κ3) is 26300. The minimum absolute atomic E-state index is 1.00. The van der Waals surface area contributed by atoms with E-state index in [0.717, 1.165) is 7.11 Å². The zero-order valence-electron chi connectivity index (χ0n) is 11.1. The lowest BCUT2D eigenvalue weighted by Crippen LogP contribution is -1.89. The average Bonchev–Trinajstić information content (AvgIpc) is 2.07. The summed E-state index contributed by atoms with van der Waals surface area (Å²) in [6.45, 7) is 0. The van der Waals surface area contributed by atoms with Crippen LogP contribution in [0.3, 0.4) is 0 Å². The van der Waals surface area contributed by atoms with Crippen LogP contribution >= 0.6 is 0 Å². The van der Waals surface area contributed by atoms with Gasteiger partial charge in [0, 0.05) is 7.11 Å². The highest BCUT2D eigenvalue weighted by atomic mass is 32.3. The number of aliphatic hydroxyl groups is 1. The van der Waals surface area contributed by atoms with Gasteiger partial charge < -0.3 is 21.1 Å². The van der Waals surface area contributed by atoms with Gasteiger partial charge in [0.15, 0.2) is 0 Å². The Morgan fingerprint density at radius 2 is 0.688 bits per heavy atom. The Bertz CT molecular complexity index is 139. The molecule has 0 atom stereocenters. The highest BCUT2D eigenvalue weighted by Crippen LogP contribution is 1.59. The van der Waals surface area contributed by atoms with Gasteiger partial charge in [-0.15, -0.1) is 0 Å². The molecule has 0 unspecified atom stereocenters. The van der Waals surface area contributed by atoms with E-state index in [1.54, 1.807) is 0 Å². The number of rotatable bonds is 0. The molecule has 0 heterocycles. The number of aliphatic hydroxyl groups excluding tert-OH is 1. The lowest BCUT2D eigenvalue weighted by Gasteiger charge is -1.68. The molecule has 0 aromatic rings. The minimum Gasteiger partial charge on any atom is -0.400 e. The van der Waals surface area contributed by atoms with Gasteiger partial charge in [0.2, 0.25) is 0 Å². The van der Waals surface area contributed by atoms with Gasteiger partial charge in [-0.2, -0.15) is 8.42 Å². The van der Waals surface area contributed by atoms with Crippen molar-refractivity contribution >= 4 is 10.4 Å². The number of hydrogen-bond donors (Lipinski definition) is 6. The van der Waals surface area contributed by atoms with Crippen LogP contribution in [0.25, 0.3) is 0 Å². The Hall–Kier alpha value is -0.290. The first-order valence-electron chi connectivity index (χ1n) is 4.15. The lowest BCUT2D eigenvalue weighted by molar-refractivity contribution is 0.381. The quantitative estimate of drug-likeness (QED) is 0.291. The maximum atomic E-state index is 8.74. The Morgan fingerprint density at radius 3 is 0.688 bits per heavy atom. The Kier molecular flexibility index (Phi) is 67.5. The molecule has 0 aromatic carbocycles. The maximum absolute atomic E-state index is 8.74. The predicted octanol–water partition coefficient (Wildman–Crippen LogP) is -1.54. The van der Waals surface area contributed by atoms with Gasteiger partial charge in [-0.25, -0.2) is 0 Å². The van der Waals surface area contributed by atoms with Gasteiger partial charge in [0.25, 0.3) is 0 Å². The molecular formula is C7H27N3O5S. The standard InChI is InChI=1S/3C2H7N.CH4O.H2O4S/c3*1-3-2;1-2;1-5(2,3)4/h3*3H,1-2H3;2H,1H3;(H2,1,2,3,4). The zero-order valence-corrected chi connectivity index (χ0v) is 11.9. The monoisotopic (exact) mass is 265 g/mol. The van der Waals surface area contributed by atoms with E-state index in [1.807, 2.05) is 42.3 Å². The zero-order chi connectivity index (χ0) is 14.6. The summed E-state index contributed by atoms with van der Waals surface area (Å²) in [5.74, 6) is 0. The largest absolute Gasteiger partial charge is 0.400 e. The summed E-state index contributed by atoms with van der Waals surface area (Å²) >= 11 is 0. The van der Waals surface area contributed by atoms with Crippen molar-refractivity contribution in [2.45, 2.75) is 0 Å². The summed E-state index contributed by atoms with van der Waals surface area (Å²) in [5.41, 5.74) is 0. The minimum atomic E-state index is -4.67. The van der Waals surface area contributed by atoms with Crippen LogP contribution in [-0.4, -0.2) is 72.0 Å². The first kappa shape index (κ1) is 29.6. The topological polar surface area (TPSA) is 131 Å². The van der Waals surface area contributed by atoms with Crippen LogP contribution in [0.1, 0.15) is 0 Å². The molecule has 16 heavy (non-hydrogen) atoms. The molecule has 0 saturated heterocycles. The fourth-order valence-electron chi connectivity index (χ4n) is 0. The smallest absolute Gasteiger partial charge is 0.394 e. The van der Waals surface area contributed by atoms with Crippen LogP contribution < -0.4 is 16.0 Å². The highest BCUT2D eigenvalue weighted by molar-refractivity contribution is 7.79. The van der Waals surface area contributed by atoms with Gasteiger partial charge in [-0.3, -0.25) is 9.11 Å². The van der Waals surface area contributed by atoms with Crippen molar-refractivity contribution in [3.8, 4) is 0 Å². The SMILES string of the molecule is CNC.CNC.CNC.CO.O=S(=O)(O)O. The molecule has 0 spiro atoms. The van der Waals surface area contributed by atoms with Gasteiger partial charge in [-0.1, -0.05) is 0 Å². The summed E-state index contributed by atoms with van der Waals surface area (Å²) in [6, 6.07) is 0. The van der Waals surface area contributed by atoms with Gasteiger partial charge >= 0.3 is 10.4 Å². The normalized spacial score (nSPS) is 7.38. The summed E-state index contributed by atoms with van der Waals surface area (Å²) in [5, 5.41) is 15.2. The van der Waals surface area contributed by atoms with Crippen LogP contribution in [0.5, 0.6) is 0 Å². The van der Waals surface area contributed by atoms with E-state index in [2.05, 4.69) is 16.0 Å². The predicted molar refractivity (Wildman–Crippen MR) is 67.3 cm³/mol. The molecule has 0 fully saturated rings. The lowest BCUT2D eigenvalue weighted by atomic mass is 11.3. The van der Waals surface area contributed by atoms with Crippen LogP contribution in [0.15, 0.2) is 0 Å². The fourth-order valence-corrected chi connectivity index (χ4v) is 0. The highest BCUT2D eigenvalue weighted by Gasteiger charge is 1.84. The molecule has 8 nitrogen and oxygen atoms in total. The first-order valence-corrected chi connectivity index (χ1v) is 5.54. The van der Waals surface area contributed by atoms with Crippen molar-refractivity contribution in [1.82, 2.24) is 16.0 Å². The molecule has 6 N–H and O–H groups in total. The summed E-state index contributed by atoms with van der Waals surface area (Å²) in [7, 11) is 7.58. The molecule has 106 valence electrons. The summed E-state index contributed by atoms with van der Waals surface area (Å²) in [4.78, 5) is 0. The van der Waals surface area contributed by atoms with Crippen LogP contribution in [0, 0.1) is 0 Å². The van der Waals surface area contributed by atoms with Gasteiger partial charge in [0.05, 0.1) is 0 Å². The molecule has 0 amide bonds. The van der Waals surface area contributed by atoms with Crippen molar-refractivity contribution in [1.29, 1.82) is 0 Å². The molecule has 9 heteroatoms. The number of nitrogens with one attached hydrogen (secondary N) is 3. The van der Waals surface area contributed by atoms with Crippen molar-refractivity contribution in [2.75, 3.05) is 49.4 Å². The van der Waals surface area contributed by atoms with Gasteiger partial charge in [0.1, 0.15) is 0 Å². The molecule has 0 aliphatic heterocycles. The van der Waals surface area contributed by atoms with E-state index >= 15 is 0 Å². The van der Waals surface area contributed by atoms with E-state index in [1.165, 1.54) is 0 Å². The van der Waals surface area contributed by atoms with E-state index in [9.17, 15) is 0 Å². The molecule has 0 aliphatic rings. The third-order valence-electron chi connectivity index (χ3n) is 0. The molecule has 0 radical (unpaired) electrons. The van der Waals surface area contributed by atoms with Crippen LogP contribution in [0.2, 0.25) is 0 Å². The molecule has 0 rings (SSSR count). The van der Waals surface area contributed by atoms with E-state index < -0.39 is 10.4 Å². The fraction of sp³-hybridized carbons (Fsp3) is 1.00. The van der Waals surface area contributed by atoms with E-state index in [0.29, 0.717) is 0 Å². The average molecular weight is 265 g/mol. The number of hydrogen-bond acceptors (Lipinski definition) is 6. The second-order valence-electron chi connectivity index (χ2n) is 1.95. The Morgan fingerprint density at radius 1 is 0.688 bits per heavy atom. The maximum Gasteiger partial charge on any atom is 0.394 e. The van der Waals surface area contributed by atoms with Gasteiger partial charge in [-0.05, 0) is 42.3 Å². The van der Waals surface area contributed by atoms with E-state index in [4.69, 9.17) is 22.6 Å². The molecule has 0 aliphatic carbocycles. The van der Waals surface area contributed by atoms with Crippen molar-refractivity contribution in [3.63, 3.8) is 0 Å². The molecule has 0 bridgehead atoms. The van der Waals surface area contributed by atoms with Crippen molar-refractivity contribution < 1.29 is 22.6 Å². The Balaban J connectivity index is -0.0000000329. The third-order valence-corrected chi connectivity index (χ3v) is 0. The second-order valence-corrected chi connectivity index (χ2v) is 2.84. The Labute approximate surface area is 99.0 Å². The van der Waals surface area contributed by atoms with Crippen LogP contribution in [-0.2, 0) is 10.4 Å². The van der Waals surface area contributed by atoms with Crippen LogP contribution in [0.4, 0.5) is 0 Å². The first-order chi connectivity index (χ1) is 7.24. The molecule has 0 aromatic heterocycles. The van der Waals surface area contributed by atoms with Crippen molar-refractivity contribution in [3.05, 3.63) is 0 Å². The second kappa shape index (κ2) is 36.4. The van der Waals surface area contributed by atoms with E-state index in [-0.39, 0.29) is 0 Å². The summed E-state index contributed by atoms with van der Waals surface area (Å²) in [6.07, 6.45) is 0.